The fourth-order valence-corrected chi connectivity index (χ4v) is 4.99. The Balaban J connectivity index is 0.000000178. The topological polar surface area (TPSA) is 58.2 Å². The van der Waals surface area contributed by atoms with Crippen molar-refractivity contribution in [3.63, 3.8) is 0 Å². The molecule has 0 amide bonds. The second-order valence-corrected chi connectivity index (χ2v) is 9.50. The molecule has 4 aromatic rings. The third kappa shape index (κ3) is 4.80. The number of aromatic nitrogens is 1. The van der Waals surface area contributed by atoms with Gasteiger partial charge in [0.2, 0.25) is 11.2 Å². The molecule has 1 heterocycles. The number of fused-ring (bicyclic) bond motifs is 1. The molecule has 0 bridgehead atoms. The van der Waals surface area contributed by atoms with Gasteiger partial charge in [0.05, 0.1) is 4.90 Å². The second-order valence-electron chi connectivity index (χ2n) is 6.00. The summed E-state index contributed by atoms with van der Waals surface area (Å²) < 4.78 is 34.5. The standard InChI is InChI=1S/C14H12NS2.C7H8O3S/c1-16-14-15(11-7-3-2-4-8-11)12-9-5-6-10-13(12)17-14;1-6-2-4-7(5-3-6)11(8,9)10/h2-10H,1H3;2-5H,1H3,(H,8,9,10)/q+1;. The lowest BCUT2D eigenvalue weighted by molar-refractivity contribution is -0.601. The van der Waals surface area contributed by atoms with E-state index in [4.69, 9.17) is 4.55 Å². The normalized spacial score (nSPS) is 11.1. The van der Waals surface area contributed by atoms with Gasteiger partial charge in [0.15, 0.2) is 0 Å². The highest BCUT2D eigenvalue weighted by molar-refractivity contribution is 8.00. The molecule has 1 N–H and O–H groups in total. The monoisotopic (exact) mass is 430 g/mol. The van der Waals surface area contributed by atoms with Crippen LogP contribution in [0.15, 0.2) is 88.1 Å². The van der Waals surface area contributed by atoms with Crippen LogP contribution in [-0.2, 0) is 10.1 Å². The summed E-state index contributed by atoms with van der Waals surface area (Å²) in [6.07, 6.45) is 2.13. The average Bonchev–Trinajstić information content (AvgIpc) is 3.07. The number of thioether (sulfide) groups is 1. The van der Waals surface area contributed by atoms with Crippen molar-refractivity contribution in [1.82, 2.24) is 0 Å². The predicted molar refractivity (Wildman–Crippen MR) is 116 cm³/mol. The first-order valence-electron chi connectivity index (χ1n) is 8.47. The molecule has 4 nitrogen and oxygen atoms in total. The van der Waals surface area contributed by atoms with Gasteiger partial charge in [0, 0.05) is 18.2 Å². The Morgan fingerprint density at radius 1 is 0.893 bits per heavy atom. The molecule has 0 saturated carbocycles. The van der Waals surface area contributed by atoms with Crippen molar-refractivity contribution in [2.24, 2.45) is 0 Å². The van der Waals surface area contributed by atoms with E-state index in [9.17, 15) is 8.42 Å². The van der Waals surface area contributed by atoms with Crippen LogP contribution in [-0.4, -0.2) is 19.2 Å². The van der Waals surface area contributed by atoms with E-state index in [-0.39, 0.29) is 4.90 Å². The zero-order chi connectivity index (χ0) is 20.1. The summed E-state index contributed by atoms with van der Waals surface area (Å²) in [6, 6.07) is 25.1. The zero-order valence-electron chi connectivity index (χ0n) is 15.4. The van der Waals surface area contributed by atoms with Crippen molar-refractivity contribution >= 4 is 43.4 Å². The Hall–Kier alpha value is -2.19. The summed E-state index contributed by atoms with van der Waals surface area (Å²) in [5.74, 6) is 0. The van der Waals surface area contributed by atoms with Crippen LogP contribution in [0.3, 0.4) is 0 Å². The highest BCUT2D eigenvalue weighted by Gasteiger charge is 2.21. The maximum Gasteiger partial charge on any atom is 0.304 e. The number of aryl methyl sites for hydroxylation is 1. The van der Waals surface area contributed by atoms with Crippen molar-refractivity contribution in [3.8, 4) is 5.69 Å². The summed E-state index contributed by atoms with van der Waals surface area (Å²) in [5.41, 5.74) is 3.47. The lowest BCUT2D eigenvalue weighted by Gasteiger charge is -1.95. The van der Waals surface area contributed by atoms with Crippen molar-refractivity contribution < 1.29 is 17.5 Å². The fraction of sp³-hybridized carbons (Fsp3) is 0.0952. The molecule has 0 aliphatic rings. The number of nitrogens with zero attached hydrogens (tertiary/aromatic N) is 1. The largest absolute Gasteiger partial charge is 0.304 e. The highest BCUT2D eigenvalue weighted by Crippen LogP contribution is 2.27. The van der Waals surface area contributed by atoms with Crippen molar-refractivity contribution in [3.05, 3.63) is 84.4 Å². The number of thiazole rings is 1. The van der Waals surface area contributed by atoms with Crippen LogP contribution in [0, 0.1) is 6.92 Å². The summed E-state index contributed by atoms with van der Waals surface area (Å²) in [5, 5.41) is 0. The Bertz CT molecular complexity index is 1170. The maximum absolute atomic E-state index is 10.5. The van der Waals surface area contributed by atoms with Crippen LogP contribution in [0.2, 0.25) is 0 Å². The highest BCUT2D eigenvalue weighted by atomic mass is 32.2. The molecule has 0 spiro atoms. The van der Waals surface area contributed by atoms with E-state index in [2.05, 4.69) is 65.4 Å². The number of para-hydroxylation sites is 2. The van der Waals surface area contributed by atoms with Gasteiger partial charge in [-0.05, 0) is 43.1 Å². The van der Waals surface area contributed by atoms with Crippen molar-refractivity contribution in [2.75, 3.05) is 6.26 Å². The average molecular weight is 431 g/mol. The van der Waals surface area contributed by atoms with Gasteiger partial charge in [-0.1, -0.05) is 59.4 Å². The van der Waals surface area contributed by atoms with Gasteiger partial charge in [-0.2, -0.15) is 8.42 Å². The lowest BCUT2D eigenvalue weighted by Crippen LogP contribution is -2.30. The van der Waals surface area contributed by atoms with Crippen LogP contribution in [0.4, 0.5) is 0 Å². The van der Waals surface area contributed by atoms with Gasteiger partial charge in [0.1, 0.15) is 4.70 Å². The van der Waals surface area contributed by atoms with E-state index < -0.39 is 10.1 Å². The molecular formula is C21H20NO3S3+. The minimum absolute atomic E-state index is 0.0666. The van der Waals surface area contributed by atoms with E-state index in [1.165, 1.54) is 32.4 Å². The van der Waals surface area contributed by atoms with Crippen molar-refractivity contribution in [2.45, 2.75) is 16.2 Å². The summed E-state index contributed by atoms with van der Waals surface area (Å²) in [7, 11) is -4.02. The predicted octanol–water partition coefficient (Wildman–Crippen LogP) is 5.14. The summed E-state index contributed by atoms with van der Waals surface area (Å²) in [4.78, 5) is -0.0666. The fourth-order valence-electron chi connectivity index (χ4n) is 2.63. The molecule has 0 atom stereocenters. The van der Waals surface area contributed by atoms with Gasteiger partial charge in [-0.15, -0.1) is 4.57 Å². The van der Waals surface area contributed by atoms with Gasteiger partial charge in [0.25, 0.3) is 10.1 Å². The Kier molecular flexibility index (Phi) is 6.51. The Morgan fingerprint density at radius 2 is 1.50 bits per heavy atom. The van der Waals surface area contributed by atoms with Gasteiger partial charge < -0.3 is 0 Å². The van der Waals surface area contributed by atoms with Gasteiger partial charge in [-0.25, -0.2) is 0 Å². The van der Waals surface area contributed by atoms with Crippen LogP contribution in [0.25, 0.3) is 15.9 Å². The molecule has 0 aliphatic heterocycles. The Morgan fingerprint density at radius 3 is 2.11 bits per heavy atom. The van der Waals surface area contributed by atoms with Crippen LogP contribution < -0.4 is 4.57 Å². The first kappa shape index (κ1) is 20.5. The molecule has 0 aliphatic carbocycles. The van der Waals surface area contributed by atoms with E-state index >= 15 is 0 Å². The van der Waals surface area contributed by atoms with Crippen LogP contribution in [0.5, 0.6) is 0 Å². The lowest BCUT2D eigenvalue weighted by atomic mass is 10.2. The number of hydrogen-bond acceptors (Lipinski definition) is 4. The van der Waals surface area contributed by atoms with E-state index in [0.717, 1.165) is 5.56 Å². The van der Waals surface area contributed by atoms with Gasteiger partial charge >= 0.3 is 4.34 Å². The number of benzene rings is 3. The van der Waals surface area contributed by atoms with Crippen LogP contribution in [0.1, 0.15) is 5.56 Å². The molecular weight excluding hydrogens is 410 g/mol. The van der Waals surface area contributed by atoms with E-state index in [1.807, 2.05) is 18.3 Å². The first-order chi connectivity index (χ1) is 13.4. The molecule has 0 unspecified atom stereocenters. The molecule has 0 radical (unpaired) electrons. The minimum Gasteiger partial charge on any atom is -0.282 e. The molecule has 144 valence electrons. The molecule has 0 saturated heterocycles. The first-order valence-corrected chi connectivity index (χ1v) is 12.0. The van der Waals surface area contributed by atoms with E-state index in [0.29, 0.717) is 0 Å². The molecule has 3 aromatic carbocycles. The Labute approximate surface area is 173 Å². The summed E-state index contributed by atoms with van der Waals surface area (Å²) in [6.45, 7) is 1.84. The summed E-state index contributed by atoms with van der Waals surface area (Å²) >= 11 is 3.64. The van der Waals surface area contributed by atoms with Gasteiger partial charge in [-0.3, -0.25) is 4.55 Å². The van der Waals surface area contributed by atoms with Crippen LogP contribution >= 0.6 is 23.1 Å². The molecule has 1 aromatic heterocycles. The molecule has 7 heteroatoms. The quantitative estimate of drug-likeness (QED) is 0.278. The molecule has 0 fully saturated rings. The minimum atomic E-state index is -4.02. The van der Waals surface area contributed by atoms with Crippen molar-refractivity contribution in [1.29, 1.82) is 0 Å². The second kappa shape index (κ2) is 8.87. The third-order valence-electron chi connectivity index (χ3n) is 3.99. The zero-order valence-corrected chi connectivity index (χ0v) is 17.9. The smallest absolute Gasteiger partial charge is 0.282 e. The number of hydrogen-bond donors (Lipinski definition) is 1. The SMILES string of the molecule is CSc1sc2ccccc2[n+]1-c1ccccc1.Cc1ccc(S(=O)(=O)O)cc1. The maximum atomic E-state index is 10.5. The molecule has 28 heavy (non-hydrogen) atoms. The third-order valence-corrected chi connectivity index (χ3v) is 7.07. The number of rotatable bonds is 3. The van der Waals surface area contributed by atoms with E-state index in [1.54, 1.807) is 23.9 Å². The molecule has 4 rings (SSSR count).